The number of carbonyl (C=O) groups excluding carboxylic acids is 1. The van der Waals surface area contributed by atoms with Crippen LogP contribution >= 0.6 is 63.1 Å². The van der Waals surface area contributed by atoms with Crippen LogP contribution in [0, 0.1) is 12.3 Å². The summed E-state index contributed by atoms with van der Waals surface area (Å²) in [6, 6.07) is 8.43. The summed E-state index contributed by atoms with van der Waals surface area (Å²) in [4.78, 5) is 14.8. The largest absolute Gasteiger partial charge is 0.493 e. The molecule has 0 aromatic heterocycles. The third-order valence-electron chi connectivity index (χ3n) is 3.79. The minimum Gasteiger partial charge on any atom is -0.493 e. The maximum atomic E-state index is 13.0. The van der Waals surface area contributed by atoms with Crippen molar-refractivity contribution in [2.45, 2.75) is 0 Å². The van der Waals surface area contributed by atoms with E-state index in [0.29, 0.717) is 40.9 Å². The van der Waals surface area contributed by atoms with Gasteiger partial charge in [-0.1, -0.05) is 53.1 Å². The monoisotopic (exact) mass is 527 g/mol. The molecule has 1 fully saturated rings. The number of carbonyl (C=O) groups is 1. The maximum absolute atomic E-state index is 13.0. The SMILES string of the molecule is C#CCOc1c(Br)cc(/C=C2/SC(=S)N(c3ccc(Cl)cc3Cl)C2=O)cc1OC. The van der Waals surface area contributed by atoms with Crippen molar-refractivity contribution in [2.75, 3.05) is 18.6 Å². The summed E-state index contributed by atoms with van der Waals surface area (Å²) in [6.45, 7) is 0.106. The first-order valence-corrected chi connectivity index (χ1v) is 10.8. The molecule has 0 aliphatic carbocycles. The number of ether oxygens (including phenoxy) is 2. The normalized spacial score (nSPS) is 15.0. The topological polar surface area (TPSA) is 38.8 Å². The van der Waals surface area contributed by atoms with E-state index in [1.807, 2.05) is 0 Å². The molecule has 0 atom stereocenters. The van der Waals surface area contributed by atoms with Crippen molar-refractivity contribution in [1.82, 2.24) is 0 Å². The Morgan fingerprint density at radius 2 is 2.10 bits per heavy atom. The Bertz CT molecular complexity index is 1080. The van der Waals surface area contributed by atoms with Gasteiger partial charge in [-0.05, 0) is 57.9 Å². The number of rotatable bonds is 5. The van der Waals surface area contributed by atoms with Gasteiger partial charge in [0.15, 0.2) is 15.8 Å². The van der Waals surface area contributed by atoms with Crippen LogP contribution in [0.4, 0.5) is 5.69 Å². The molecule has 3 rings (SSSR count). The second-order valence-corrected chi connectivity index (χ2v) is 9.01. The van der Waals surface area contributed by atoms with Crippen LogP contribution in [0.2, 0.25) is 10.0 Å². The lowest BCUT2D eigenvalue weighted by Crippen LogP contribution is -2.27. The van der Waals surface area contributed by atoms with Gasteiger partial charge in [0.05, 0.1) is 27.2 Å². The molecular weight excluding hydrogens is 517 g/mol. The highest BCUT2D eigenvalue weighted by atomic mass is 79.9. The van der Waals surface area contributed by atoms with E-state index in [1.54, 1.807) is 36.4 Å². The fraction of sp³-hybridized carbons (Fsp3) is 0.100. The minimum absolute atomic E-state index is 0.106. The standard InChI is InChI=1S/C20H12BrCl2NO3S2/c1-3-6-27-18-13(21)7-11(8-16(18)26-2)9-17-19(25)24(20(28)29-17)15-5-4-12(22)10-14(15)23/h1,4-5,7-10H,6H2,2H3/b17-9+. The van der Waals surface area contributed by atoms with Gasteiger partial charge in [-0.15, -0.1) is 6.42 Å². The lowest BCUT2D eigenvalue weighted by Gasteiger charge is -2.16. The highest BCUT2D eigenvalue weighted by Gasteiger charge is 2.34. The number of thiocarbonyl (C=S) groups is 1. The average Bonchev–Trinajstić information content (AvgIpc) is 2.94. The molecule has 9 heteroatoms. The molecule has 2 aromatic carbocycles. The van der Waals surface area contributed by atoms with Crippen molar-refractivity contribution < 1.29 is 14.3 Å². The predicted molar refractivity (Wildman–Crippen MR) is 127 cm³/mol. The van der Waals surface area contributed by atoms with Gasteiger partial charge in [0.25, 0.3) is 5.91 Å². The van der Waals surface area contributed by atoms with Gasteiger partial charge in [0.1, 0.15) is 6.61 Å². The number of halogens is 3. The van der Waals surface area contributed by atoms with E-state index in [0.717, 1.165) is 5.56 Å². The highest BCUT2D eigenvalue weighted by molar-refractivity contribution is 9.10. The lowest BCUT2D eigenvalue weighted by molar-refractivity contribution is -0.113. The van der Waals surface area contributed by atoms with Gasteiger partial charge < -0.3 is 9.47 Å². The first-order chi connectivity index (χ1) is 13.8. The van der Waals surface area contributed by atoms with Crippen LogP contribution in [0.5, 0.6) is 11.5 Å². The Morgan fingerprint density at radius 1 is 1.34 bits per heavy atom. The lowest BCUT2D eigenvalue weighted by atomic mass is 10.1. The van der Waals surface area contributed by atoms with Gasteiger partial charge in [-0.3, -0.25) is 9.69 Å². The van der Waals surface area contributed by atoms with Crippen molar-refractivity contribution in [1.29, 1.82) is 0 Å². The number of hydrogen-bond acceptors (Lipinski definition) is 5. The number of methoxy groups -OCH3 is 1. The molecule has 0 saturated carbocycles. The predicted octanol–water partition coefficient (Wildman–Crippen LogP) is 6.18. The fourth-order valence-corrected chi connectivity index (χ4v) is 4.92. The van der Waals surface area contributed by atoms with Gasteiger partial charge in [0.2, 0.25) is 0 Å². The molecule has 0 bridgehead atoms. The summed E-state index contributed by atoms with van der Waals surface area (Å²) in [5, 5.41) is 0.818. The average molecular weight is 529 g/mol. The Balaban J connectivity index is 1.95. The van der Waals surface area contributed by atoms with Crippen molar-refractivity contribution in [3.8, 4) is 23.8 Å². The number of terminal acetylenes is 1. The van der Waals surface area contributed by atoms with E-state index in [1.165, 1.54) is 23.8 Å². The fourth-order valence-electron chi connectivity index (χ4n) is 2.57. The number of hydrogen-bond donors (Lipinski definition) is 0. The molecule has 29 heavy (non-hydrogen) atoms. The number of nitrogens with zero attached hydrogens (tertiary/aromatic N) is 1. The number of thioether (sulfide) groups is 1. The molecule has 1 amide bonds. The molecule has 0 N–H and O–H groups in total. The van der Waals surface area contributed by atoms with E-state index >= 15 is 0 Å². The summed E-state index contributed by atoms with van der Waals surface area (Å²) in [6.07, 6.45) is 6.97. The molecule has 4 nitrogen and oxygen atoms in total. The van der Waals surface area contributed by atoms with Crippen LogP contribution in [0.1, 0.15) is 5.56 Å². The summed E-state index contributed by atoms with van der Waals surface area (Å²) in [7, 11) is 1.52. The number of anilines is 1. The van der Waals surface area contributed by atoms with Gasteiger partial charge in [-0.2, -0.15) is 0 Å². The molecule has 0 radical (unpaired) electrons. The summed E-state index contributed by atoms with van der Waals surface area (Å²) in [5.41, 5.74) is 1.21. The van der Waals surface area contributed by atoms with E-state index < -0.39 is 0 Å². The van der Waals surface area contributed by atoms with Crippen LogP contribution in [-0.2, 0) is 4.79 Å². The van der Waals surface area contributed by atoms with Crippen LogP contribution in [0.3, 0.4) is 0 Å². The van der Waals surface area contributed by atoms with Crippen molar-refractivity contribution >= 4 is 85.1 Å². The quantitative estimate of drug-likeness (QED) is 0.263. The molecule has 1 heterocycles. The maximum Gasteiger partial charge on any atom is 0.270 e. The number of benzene rings is 2. The van der Waals surface area contributed by atoms with Crippen molar-refractivity contribution in [3.05, 3.63) is 55.3 Å². The second-order valence-electron chi connectivity index (χ2n) is 5.64. The van der Waals surface area contributed by atoms with Crippen LogP contribution < -0.4 is 14.4 Å². The molecule has 2 aromatic rings. The van der Waals surface area contributed by atoms with Gasteiger partial charge in [-0.25, -0.2) is 0 Å². The van der Waals surface area contributed by atoms with E-state index in [9.17, 15) is 4.79 Å². The van der Waals surface area contributed by atoms with Gasteiger partial charge >= 0.3 is 0 Å². The smallest absolute Gasteiger partial charge is 0.270 e. The van der Waals surface area contributed by atoms with Gasteiger partial charge in [0, 0.05) is 5.02 Å². The zero-order valence-corrected chi connectivity index (χ0v) is 19.6. The summed E-state index contributed by atoms with van der Waals surface area (Å²) < 4.78 is 11.9. The zero-order valence-electron chi connectivity index (χ0n) is 14.9. The Labute approximate surface area is 196 Å². The van der Waals surface area contributed by atoms with E-state index in [-0.39, 0.29) is 12.5 Å². The molecule has 0 unspecified atom stereocenters. The Hall–Kier alpha value is -1.69. The Morgan fingerprint density at radius 3 is 2.76 bits per heavy atom. The minimum atomic E-state index is -0.271. The zero-order chi connectivity index (χ0) is 21.1. The van der Waals surface area contributed by atoms with Crippen molar-refractivity contribution in [3.63, 3.8) is 0 Å². The van der Waals surface area contributed by atoms with Crippen molar-refractivity contribution in [2.24, 2.45) is 0 Å². The molecule has 1 saturated heterocycles. The summed E-state index contributed by atoms with van der Waals surface area (Å²) >= 11 is 22.2. The molecular formula is C20H12BrCl2NO3S2. The van der Waals surface area contributed by atoms with Crippen LogP contribution in [-0.4, -0.2) is 23.9 Å². The molecule has 148 valence electrons. The third kappa shape index (κ3) is 4.73. The molecule has 1 aliphatic heterocycles. The van der Waals surface area contributed by atoms with E-state index in [2.05, 4.69) is 21.9 Å². The van der Waals surface area contributed by atoms with Crippen LogP contribution in [0.15, 0.2) is 39.7 Å². The molecule has 0 spiro atoms. The third-order valence-corrected chi connectivity index (χ3v) is 6.22. The second kappa shape index (κ2) is 9.41. The summed E-state index contributed by atoms with van der Waals surface area (Å²) in [5.74, 6) is 3.11. The van der Waals surface area contributed by atoms with Crippen LogP contribution in [0.25, 0.3) is 6.08 Å². The highest BCUT2D eigenvalue weighted by Crippen LogP contribution is 2.41. The number of amides is 1. The molecule has 1 aliphatic rings. The first-order valence-electron chi connectivity index (χ1n) is 8.02. The van der Waals surface area contributed by atoms with E-state index in [4.69, 9.17) is 51.3 Å². The first kappa shape index (κ1) is 22.0. The Kier molecular flexibility index (Phi) is 7.14.